The second kappa shape index (κ2) is 8.89. The fraction of sp³-hybridized carbons (Fsp3) is 0.286. The fourth-order valence-electron chi connectivity index (χ4n) is 3.14. The molecule has 2 aromatic heterocycles. The number of rotatable bonds is 6. The summed E-state index contributed by atoms with van der Waals surface area (Å²) in [5.74, 6) is 2.62. The zero-order chi connectivity index (χ0) is 20.1. The molecule has 4 rings (SSSR count). The van der Waals surface area contributed by atoms with Crippen molar-refractivity contribution in [2.75, 3.05) is 50.0 Å². The normalized spacial score (nSPS) is 14.3. The standard InChI is InChI=1S/C21H20N6OS/c1-2-15-4-3-5-17(12-15)25-18-16(13-22)14-24-20-19(18)29-21(26-20)23-6-7-27-8-10-28-11-9-27/h1,3-5,12,14H,6-11H2,(H2,23,24,25,26). The zero-order valence-corrected chi connectivity index (χ0v) is 16.6. The first-order valence-corrected chi connectivity index (χ1v) is 10.2. The second-order valence-corrected chi connectivity index (χ2v) is 7.56. The third kappa shape index (κ3) is 4.47. The van der Waals surface area contributed by atoms with Crippen LogP contribution in [0.4, 0.5) is 16.5 Å². The molecule has 1 aromatic carbocycles. The van der Waals surface area contributed by atoms with Crippen molar-refractivity contribution in [1.29, 1.82) is 5.26 Å². The highest BCUT2D eigenvalue weighted by Crippen LogP contribution is 2.35. The number of nitrogens with one attached hydrogen (secondary N) is 2. The van der Waals surface area contributed by atoms with Gasteiger partial charge >= 0.3 is 0 Å². The van der Waals surface area contributed by atoms with Crippen LogP contribution in [0.1, 0.15) is 11.1 Å². The maximum absolute atomic E-state index is 9.54. The summed E-state index contributed by atoms with van der Waals surface area (Å²) in [7, 11) is 0. The molecule has 7 nitrogen and oxygen atoms in total. The van der Waals surface area contributed by atoms with Crippen LogP contribution in [0.2, 0.25) is 0 Å². The molecule has 0 atom stereocenters. The third-order valence-corrected chi connectivity index (χ3v) is 5.67. The van der Waals surface area contributed by atoms with E-state index in [0.29, 0.717) is 16.9 Å². The first-order valence-electron chi connectivity index (χ1n) is 9.34. The van der Waals surface area contributed by atoms with Crippen LogP contribution in [0, 0.1) is 23.7 Å². The molecule has 0 saturated carbocycles. The highest BCUT2D eigenvalue weighted by molar-refractivity contribution is 7.22. The van der Waals surface area contributed by atoms with Gasteiger partial charge in [0.25, 0.3) is 0 Å². The Morgan fingerprint density at radius 2 is 2.17 bits per heavy atom. The quantitative estimate of drug-likeness (QED) is 0.611. The SMILES string of the molecule is C#Cc1cccc(Nc2c(C#N)cnc3nc(NCCN4CCOCC4)sc23)c1. The predicted molar refractivity (Wildman–Crippen MR) is 116 cm³/mol. The van der Waals surface area contributed by atoms with Crippen LogP contribution >= 0.6 is 11.3 Å². The van der Waals surface area contributed by atoms with Gasteiger partial charge < -0.3 is 15.4 Å². The van der Waals surface area contributed by atoms with Crippen LogP contribution in [0.25, 0.3) is 10.3 Å². The number of hydrogen-bond acceptors (Lipinski definition) is 8. The Labute approximate surface area is 173 Å². The van der Waals surface area contributed by atoms with E-state index < -0.39 is 0 Å². The van der Waals surface area contributed by atoms with E-state index in [2.05, 4.69) is 37.5 Å². The first kappa shape index (κ1) is 19.2. The molecule has 1 fully saturated rings. The van der Waals surface area contributed by atoms with Crippen molar-refractivity contribution in [3.8, 4) is 18.4 Å². The number of thiazole rings is 1. The molecule has 0 unspecified atom stereocenters. The third-order valence-electron chi connectivity index (χ3n) is 4.65. The molecule has 0 bridgehead atoms. The van der Waals surface area contributed by atoms with Crippen molar-refractivity contribution >= 4 is 38.2 Å². The number of hydrogen-bond donors (Lipinski definition) is 2. The van der Waals surface area contributed by atoms with Gasteiger partial charge in [-0.3, -0.25) is 4.90 Å². The topological polar surface area (TPSA) is 86.1 Å². The van der Waals surface area contributed by atoms with Gasteiger partial charge in [-0.25, -0.2) is 9.97 Å². The van der Waals surface area contributed by atoms with Gasteiger partial charge in [-0.15, -0.1) is 6.42 Å². The molecule has 1 aliphatic heterocycles. The lowest BCUT2D eigenvalue weighted by molar-refractivity contribution is 0.0398. The van der Waals surface area contributed by atoms with Gasteiger partial charge in [0.2, 0.25) is 0 Å². The van der Waals surface area contributed by atoms with Crippen LogP contribution in [-0.2, 0) is 4.74 Å². The Kier molecular flexibility index (Phi) is 5.87. The van der Waals surface area contributed by atoms with Crippen LogP contribution in [0.15, 0.2) is 30.5 Å². The lowest BCUT2D eigenvalue weighted by Crippen LogP contribution is -2.38. The summed E-state index contributed by atoms with van der Waals surface area (Å²) in [5.41, 5.74) is 3.37. The number of pyridine rings is 1. The Hall–Kier alpha value is -3.17. The molecule has 3 aromatic rings. The predicted octanol–water partition coefficient (Wildman–Crippen LogP) is 3.03. The summed E-state index contributed by atoms with van der Waals surface area (Å²) in [6, 6.07) is 9.74. The van der Waals surface area contributed by atoms with Gasteiger partial charge in [0, 0.05) is 43.6 Å². The van der Waals surface area contributed by atoms with Crippen LogP contribution < -0.4 is 10.6 Å². The lowest BCUT2D eigenvalue weighted by atomic mass is 10.2. The molecule has 146 valence electrons. The average molecular weight is 404 g/mol. The molecule has 0 spiro atoms. The number of terminal acetylenes is 1. The van der Waals surface area contributed by atoms with Gasteiger partial charge in [-0.1, -0.05) is 23.3 Å². The Morgan fingerprint density at radius 3 is 2.97 bits per heavy atom. The maximum atomic E-state index is 9.54. The lowest BCUT2D eigenvalue weighted by Gasteiger charge is -2.26. The van der Waals surface area contributed by atoms with Crippen LogP contribution in [-0.4, -0.2) is 54.3 Å². The van der Waals surface area contributed by atoms with Gasteiger partial charge in [-0.05, 0) is 18.2 Å². The van der Waals surface area contributed by atoms with Crippen molar-refractivity contribution in [2.24, 2.45) is 0 Å². The van der Waals surface area contributed by atoms with E-state index in [1.54, 1.807) is 6.20 Å². The van der Waals surface area contributed by atoms with Gasteiger partial charge in [0.1, 0.15) is 10.8 Å². The van der Waals surface area contributed by atoms with Gasteiger partial charge in [0.05, 0.1) is 24.5 Å². The number of morpholine rings is 1. The van der Waals surface area contributed by atoms with Crippen LogP contribution in [0.3, 0.4) is 0 Å². The number of aromatic nitrogens is 2. The summed E-state index contributed by atoms with van der Waals surface area (Å²) in [6.45, 7) is 5.21. The Morgan fingerprint density at radius 1 is 1.31 bits per heavy atom. The van der Waals surface area contributed by atoms with Gasteiger partial charge in [-0.2, -0.15) is 5.26 Å². The first-order chi connectivity index (χ1) is 14.3. The molecule has 29 heavy (non-hydrogen) atoms. The largest absolute Gasteiger partial charge is 0.379 e. The van der Waals surface area contributed by atoms with Crippen LogP contribution in [0.5, 0.6) is 0 Å². The van der Waals surface area contributed by atoms with Crippen molar-refractivity contribution in [3.63, 3.8) is 0 Å². The minimum atomic E-state index is 0.465. The van der Waals surface area contributed by atoms with E-state index in [1.165, 1.54) is 11.3 Å². The number of nitriles is 1. The summed E-state index contributed by atoms with van der Waals surface area (Å²) >= 11 is 1.49. The minimum Gasteiger partial charge on any atom is -0.379 e. The minimum absolute atomic E-state index is 0.465. The Bertz CT molecular complexity index is 1090. The monoisotopic (exact) mass is 404 g/mol. The second-order valence-electron chi connectivity index (χ2n) is 6.56. The fourth-order valence-corrected chi connectivity index (χ4v) is 4.09. The molecule has 3 heterocycles. The number of ether oxygens (including phenoxy) is 1. The van der Waals surface area contributed by atoms with E-state index in [1.807, 2.05) is 24.3 Å². The molecule has 2 N–H and O–H groups in total. The maximum Gasteiger partial charge on any atom is 0.185 e. The number of nitrogens with zero attached hydrogens (tertiary/aromatic N) is 4. The number of fused-ring (bicyclic) bond motifs is 1. The highest BCUT2D eigenvalue weighted by Gasteiger charge is 2.15. The smallest absolute Gasteiger partial charge is 0.185 e. The molecule has 8 heteroatoms. The van der Waals surface area contributed by atoms with Crippen molar-refractivity contribution in [3.05, 3.63) is 41.6 Å². The summed E-state index contributed by atoms with van der Waals surface area (Å²) in [6.07, 6.45) is 7.04. The van der Waals surface area contributed by atoms with Crippen molar-refractivity contribution < 1.29 is 4.74 Å². The van der Waals surface area contributed by atoms with E-state index >= 15 is 0 Å². The molecule has 1 aliphatic rings. The summed E-state index contributed by atoms with van der Waals surface area (Å²) in [4.78, 5) is 11.3. The number of anilines is 3. The summed E-state index contributed by atoms with van der Waals surface area (Å²) < 4.78 is 6.21. The molecule has 0 radical (unpaired) electrons. The molecule has 0 aliphatic carbocycles. The van der Waals surface area contributed by atoms with E-state index in [-0.39, 0.29) is 0 Å². The molecule has 1 saturated heterocycles. The average Bonchev–Trinajstić information content (AvgIpc) is 3.18. The number of benzene rings is 1. The molecular weight excluding hydrogens is 384 g/mol. The van der Waals surface area contributed by atoms with E-state index in [9.17, 15) is 5.26 Å². The van der Waals surface area contributed by atoms with E-state index in [0.717, 1.165) is 60.5 Å². The van der Waals surface area contributed by atoms with Gasteiger partial charge in [0.15, 0.2) is 10.8 Å². The van der Waals surface area contributed by atoms with E-state index in [4.69, 9.17) is 11.2 Å². The van der Waals surface area contributed by atoms with Crippen molar-refractivity contribution in [1.82, 2.24) is 14.9 Å². The highest BCUT2D eigenvalue weighted by atomic mass is 32.1. The Balaban J connectivity index is 1.54. The molecular formula is C21H20N6OS. The van der Waals surface area contributed by atoms with Crippen molar-refractivity contribution in [2.45, 2.75) is 0 Å². The summed E-state index contributed by atoms with van der Waals surface area (Å²) in [5, 5.41) is 17.0. The zero-order valence-electron chi connectivity index (χ0n) is 15.8. The molecule has 0 amide bonds.